The Morgan fingerprint density at radius 2 is 2.29 bits per heavy atom. The van der Waals surface area contributed by atoms with Crippen molar-refractivity contribution in [3.63, 3.8) is 0 Å². The van der Waals surface area contributed by atoms with Gasteiger partial charge in [0.05, 0.1) is 6.61 Å². The Kier molecular flexibility index (Phi) is 3.69. The van der Waals surface area contributed by atoms with E-state index in [0.29, 0.717) is 5.54 Å². The van der Waals surface area contributed by atoms with Gasteiger partial charge in [-0.1, -0.05) is 6.92 Å². The Morgan fingerprint density at radius 3 is 2.94 bits per heavy atom. The Morgan fingerprint density at radius 1 is 1.35 bits per heavy atom. The molecule has 2 saturated carbocycles. The molecule has 0 aromatic heterocycles. The number of hydrogen-bond acceptors (Lipinski definition) is 3. The topological polar surface area (TPSA) is 21.3 Å². The van der Waals surface area contributed by atoms with Crippen LogP contribution in [0.5, 0.6) is 0 Å². The van der Waals surface area contributed by atoms with Crippen LogP contribution in [0, 0.1) is 17.8 Å². The standard InChI is InChI=1S/C14H25NOS/c1-11-8-14(5-2-13(11)9-14)15-6-3-12-4-7-17-16-10-12/h11-13,15H,2-10H2,1H3. The van der Waals surface area contributed by atoms with Gasteiger partial charge < -0.3 is 9.50 Å². The van der Waals surface area contributed by atoms with Crippen molar-refractivity contribution in [2.75, 3.05) is 18.9 Å². The van der Waals surface area contributed by atoms with Gasteiger partial charge in [0.1, 0.15) is 0 Å². The van der Waals surface area contributed by atoms with Gasteiger partial charge in [0, 0.05) is 11.3 Å². The summed E-state index contributed by atoms with van der Waals surface area (Å²) >= 11 is 1.65. The second-order valence-corrected chi connectivity index (χ2v) is 7.32. The average molecular weight is 255 g/mol. The number of hydrogen-bond donors (Lipinski definition) is 1. The van der Waals surface area contributed by atoms with Crippen molar-refractivity contribution < 1.29 is 4.18 Å². The van der Waals surface area contributed by atoms with Gasteiger partial charge in [0.2, 0.25) is 0 Å². The number of fused-ring (bicyclic) bond motifs is 2. The average Bonchev–Trinajstić information content (AvgIpc) is 2.87. The van der Waals surface area contributed by atoms with Crippen molar-refractivity contribution >= 4 is 12.0 Å². The van der Waals surface area contributed by atoms with Crippen LogP contribution >= 0.6 is 12.0 Å². The van der Waals surface area contributed by atoms with Crippen molar-refractivity contribution in [2.24, 2.45) is 17.8 Å². The molecule has 0 amide bonds. The maximum atomic E-state index is 5.47. The van der Waals surface area contributed by atoms with E-state index in [9.17, 15) is 0 Å². The maximum Gasteiger partial charge on any atom is 0.0642 e. The van der Waals surface area contributed by atoms with Crippen LogP contribution < -0.4 is 5.32 Å². The molecule has 0 radical (unpaired) electrons. The largest absolute Gasteiger partial charge is 0.315 e. The second kappa shape index (κ2) is 5.10. The van der Waals surface area contributed by atoms with Gasteiger partial charge in [-0.3, -0.25) is 0 Å². The van der Waals surface area contributed by atoms with E-state index in [1.165, 1.54) is 50.8 Å². The highest BCUT2D eigenvalue weighted by molar-refractivity contribution is 7.94. The Balaban J connectivity index is 1.42. The zero-order valence-corrected chi connectivity index (χ0v) is 11.7. The molecule has 1 heterocycles. The van der Waals surface area contributed by atoms with Crippen LogP contribution in [-0.4, -0.2) is 24.4 Å². The van der Waals surface area contributed by atoms with E-state index in [1.54, 1.807) is 12.0 Å². The zero-order chi connectivity index (χ0) is 11.7. The van der Waals surface area contributed by atoms with Crippen LogP contribution in [0.2, 0.25) is 0 Å². The molecule has 3 aliphatic rings. The van der Waals surface area contributed by atoms with Crippen LogP contribution in [0.4, 0.5) is 0 Å². The van der Waals surface area contributed by atoms with Crippen molar-refractivity contribution in [1.82, 2.24) is 5.32 Å². The molecule has 1 N–H and O–H groups in total. The van der Waals surface area contributed by atoms with Gasteiger partial charge in [-0.15, -0.1) is 0 Å². The van der Waals surface area contributed by atoms with Crippen LogP contribution in [-0.2, 0) is 4.18 Å². The second-order valence-electron chi connectivity index (χ2n) is 6.44. The van der Waals surface area contributed by atoms with E-state index in [1.807, 2.05) is 0 Å². The quantitative estimate of drug-likeness (QED) is 0.779. The summed E-state index contributed by atoms with van der Waals surface area (Å²) in [5, 5.41) is 3.90. The number of rotatable bonds is 4. The normalized spacial score (nSPS) is 45.4. The lowest BCUT2D eigenvalue weighted by molar-refractivity contribution is 0.234. The third-order valence-electron chi connectivity index (χ3n) is 5.21. The van der Waals surface area contributed by atoms with Crippen molar-refractivity contribution in [2.45, 2.75) is 51.0 Å². The molecule has 4 atom stereocenters. The van der Waals surface area contributed by atoms with Gasteiger partial charge in [-0.2, -0.15) is 0 Å². The fourth-order valence-electron chi connectivity index (χ4n) is 4.13. The van der Waals surface area contributed by atoms with Gasteiger partial charge in [-0.25, -0.2) is 0 Å². The zero-order valence-electron chi connectivity index (χ0n) is 10.9. The minimum atomic E-state index is 0.536. The van der Waals surface area contributed by atoms with Gasteiger partial charge >= 0.3 is 0 Å². The molecule has 2 nitrogen and oxygen atoms in total. The summed E-state index contributed by atoms with van der Waals surface area (Å²) in [5.74, 6) is 3.98. The van der Waals surface area contributed by atoms with Gasteiger partial charge in [0.25, 0.3) is 0 Å². The van der Waals surface area contributed by atoms with Gasteiger partial charge in [-0.05, 0) is 74.9 Å². The molecule has 2 bridgehead atoms. The lowest BCUT2D eigenvalue weighted by Gasteiger charge is -2.31. The first-order chi connectivity index (χ1) is 8.27. The predicted molar refractivity (Wildman–Crippen MR) is 73.0 cm³/mol. The van der Waals surface area contributed by atoms with E-state index in [-0.39, 0.29) is 0 Å². The van der Waals surface area contributed by atoms with Crippen LogP contribution in [0.25, 0.3) is 0 Å². The molecule has 17 heavy (non-hydrogen) atoms. The summed E-state index contributed by atoms with van der Waals surface area (Å²) < 4.78 is 5.47. The minimum absolute atomic E-state index is 0.536. The molecule has 3 heteroatoms. The Bertz CT molecular complexity index is 263. The summed E-state index contributed by atoms with van der Waals surface area (Å²) in [6.45, 7) is 4.62. The van der Waals surface area contributed by atoms with Crippen LogP contribution in [0.15, 0.2) is 0 Å². The Hall–Kier alpha value is 0.270. The molecule has 0 spiro atoms. The minimum Gasteiger partial charge on any atom is -0.315 e. The lowest BCUT2D eigenvalue weighted by Crippen LogP contribution is -2.43. The highest BCUT2D eigenvalue weighted by Crippen LogP contribution is 2.50. The first-order valence-corrected chi connectivity index (χ1v) is 8.18. The van der Waals surface area contributed by atoms with E-state index in [2.05, 4.69) is 12.2 Å². The molecule has 1 saturated heterocycles. The monoisotopic (exact) mass is 255 g/mol. The number of nitrogens with one attached hydrogen (secondary N) is 1. The molecule has 3 rings (SSSR count). The predicted octanol–water partition coefficient (Wildman–Crippen LogP) is 3.23. The molecule has 2 aliphatic carbocycles. The summed E-state index contributed by atoms with van der Waals surface area (Å²) in [6.07, 6.45) is 8.43. The molecule has 0 aromatic rings. The first-order valence-electron chi connectivity index (χ1n) is 7.27. The molecule has 0 aromatic carbocycles. The van der Waals surface area contributed by atoms with E-state index >= 15 is 0 Å². The fraction of sp³-hybridized carbons (Fsp3) is 1.00. The molecular weight excluding hydrogens is 230 g/mol. The van der Waals surface area contributed by atoms with Gasteiger partial charge in [0.15, 0.2) is 0 Å². The Labute approximate surface area is 109 Å². The summed E-state index contributed by atoms with van der Waals surface area (Å²) in [7, 11) is 0. The van der Waals surface area contributed by atoms with E-state index in [0.717, 1.165) is 24.4 Å². The van der Waals surface area contributed by atoms with Crippen molar-refractivity contribution in [3.05, 3.63) is 0 Å². The molecule has 4 unspecified atom stereocenters. The highest BCUT2D eigenvalue weighted by atomic mass is 32.2. The van der Waals surface area contributed by atoms with Crippen LogP contribution in [0.3, 0.4) is 0 Å². The smallest absolute Gasteiger partial charge is 0.0642 e. The molecule has 1 aliphatic heterocycles. The SMILES string of the molecule is CC1CC2(NCCC3CCSOC3)CCC1C2. The first kappa shape index (κ1) is 12.3. The van der Waals surface area contributed by atoms with Crippen molar-refractivity contribution in [3.8, 4) is 0 Å². The van der Waals surface area contributed by atoms with E-state index in [4.69, 9.17) is 4.18 Å². The summed E-state index contributed by atoms with van der Waals surface area (Å²) in [5.41, 5.74) is 0.536. The maximum absolute atomic E-state index is 5.47. The third kappa shape index (κ3) is 2.66. The van der Waals surface area contributed by atoms with Crippen LogP contribution in [0.1, 0.15) is 45.4 Å². The molecule has 3 fully saturated rings. The summed E-state index contributed by atoms with van der Waals surface area (Å²) in [4.78, 5) is 0. The summed E-state index contributed by atoms with van der Waals surface area (Å²) in [6, 6.07) is 0. The fourth-order valence-corrected chi connectivity index (χ4v) is 4.96. The third-order valence-corrected chi connectivity index (χ3v) is 5.92. The molecule has 98 valence electrons. The molecular formula is C14H25NOS. The highest BCUT2D eigenvalue weighted by Gasteiger charge is 2.48. The van der Waals surface area contributed by atoms with Crippen molar-refractivity contribution in [1.29, 1.82) is 0 Å². The lowest BCUT2D eigenvalue weighted by atomic mass is 9.87. The van der Waals surface area contributed by atoms with E-state index < -0.39 is 0 Å².